The van der Waals surface area contributed by atoms with Gasteiger partial charge in [-0.25, -0.2) is 0 Å². The molecule has 3 fully saturated rings. The van der Waals surface area contributed by atoms with Gasteiger partial charge in [0.05, 0.1) is 40.8 Å². The van der Waals surface area contributed by atoms with Crippen LogP contribution in [-0.4, -0.2) is 70.7 Å². The summed E-state index contributed by atoms with van der Waals surface area (Å²) in [6.45, 7) is 11.5. The molecule has 2 bridgehead atoms. The molecule has 250 valence electrons. The van der Waals surface area contributed by atoms with E-state index in [1.54, 1.807) is 28.0 Å². The molecular weight excluding hydrogens is 626 g/mol. The number of halogens is 1. The molecule has 3 aromatic rings. The van der Waals surface area contributed by atoms with Crippen molar-refractivity contribution >= 4 is 40.7 Å². The second kappa shape index (κ2) is 13.3. The molecule has 0 aromatic heterocycles. The number of ether oxygens (including phenoxy) is 1. The number of nitrogens with zero attached hydrogens (tertiary/aromatic N) is 3. The molecule has 48 heavy (non-hydrogen) atoms. The highest BCUT2D eigenvalue weighted by Gasteiger charge is 2.79. The van der Waals surface area contributed by atoms with Crippen molar-refractivity contribution in [3.8, 4) is 0 Å². The summed E-state index contributed by atoms with van der Waals surface area (Å²) in [6.07, 6.45) is 4.47. The third kappa shape index (κ3) is 5.46. The number of likely N-dealkylation sites (tertiary alicyclic amines) is 1. The Kier molecular flexibility index (Phi) is 9.35. The molecule has 0 radical (unpaired) electrons. The van der Waals surface area contributed by atoms with Crippen LogP contribution in [0.2, 0.25) is 5.02 Å². The Bertz CT molecular complexity index is 1700. The fraction of sp³-hybridized carbons (Fsp3) is 0.359. The number of anilines is 2. The zero-order valence-electron chi connectivity index (χ0n) is 27.4. The monoisotopic (exact) mass is 667 g/mol. The SMILES string of the molecule is C=CCN(C(=O)[C@@H]1[C@H]2C(=O)N([C@@H](CO)Cc3ccccc3)C(C(=O)N(CC=C)c3c(C)cccc3Cl)C23CC[C@@]1(C)O3)c1ccccc1. The summed E-state index contributed by atoms with van der Waals surface area (Å²) in [7, 11) is 0. The van der Waals surface area contributed by atoms with Gasteiger partial charge in [0.15, 0.2) is 0 Å². The number of fused-ring (bicyclic) bond motifs is 1. The first kappa shape index (κ1) is 33.7. The molecule has 6 atom stereocenters. The maximum absolute atomic E-state index is 15.2. The normalized spacial score (nSPS) is 26.2. The zero-order chi connectivity index (χ0) is 34.2. The lowest BCUT2D eigenvalue weighted by Gasteiger charge is -2.40. The maximum Gasteiger partial charge on any atom is 0.253 e. The second-order valence-electron chi connectivity index (χ2n) is 13.2. The van der Waals surface area contributed by atoms with E-state index in [0.717, 1.165) is 11.1 Å². The lowest BCUT2D eigenvalue weighted by Crippen LogP contribution is -2.59. The summed E-state index contributed by atoms with van der Waals surface area (Å²) in [5, 5.41) is 11.3. The molecule has 3 aliphatic heterocycles. The van der Waals surface area contributed by atoms with Crippen LogP contribution in [0.5, 0.6) is 0 Å². The van der Waals surface area contributed by atoms with E-state index in [1.807, 2.05) is 86.6 Å². The number of amides is 3. The molecule has 1 spiro atoms. The Morgan fingerprint density at radius 3 is 2.25 bits per heavy atom. The van der Waals surface area contributed by atoms with Crippen molar-refractivity contribution in [3.63, 3.8) is 0 Å². The molecule has 3 saturated heterocycles. The lowest BCUT2D eigenvalue weighted by atomic mass is 9.66. The molecule has 0 aliphatic carbocycles. The van der Waals surface area contributed by atoms with Crippen LogP contribution in [0.4, 0.5) is 11.4 Å². The van der Waals surface area contributed by atoms with E-state index >= 15 is 9.59 Å². The third-order valence-electron chi connectivity index (χ3n) is 10.3. The van der Waals surface area contributed by atoms with Crippen molar-refractivity contribution in [2.45, 2.75) is 56.4 Å². The molecule has 8 nitrogen and oxygen atoms in total. The van der Waals surface area contributed by atoms with Crippen LogP contribution in [-0.2, 0) is 25.5 Å². The van der Waals surface area contributed by atoms with Gasteiger partial charge in [0.1, 0.15) is 11.6 Å². The first-order chi connectivity index (χ1) is 23.1. The predicted octanol–water partition coefficient (Wildman–Crippen LogP) is 5.75. The summed E-state index contributed by atoms with van der Waals surface area (Å²) in [4.78, 5) is 49.7. The fourth-order valence-corrected chi connectivity index (χ4v) is 8.63. The van der Waals surface area contributed by atoms with Crippen molar-refractivity contribution in [3.05, 3.63) is 120 Å². The van der Waals surface area contributed by atoms with Crippen LogP contribution in [0, 0.1) is 18.8 Å². The molecular formula is C39H42ClN3O5. The van der Waals surface area contributed by atoms with E-state index in [0.29, 0.717) is 35.7 Å². The van der Waals surface area contributed by atoms with Crippen molar-refractivity contribution in [1.29, 1.82) is 0 Å². The minimum atomic E-state index is -1.31. The first-order valence-electron chi connectivity index (χ1n) is 16.4. The Morgan fingerprint density at radius 1 is 0.979 bits per heavy atom. The number of para-hydroxylation sites is 2. The number of rotatable bonds is 12. The van der Waals surface area contributed by atoms with Crippen molar-refractivity contribution in [2.24, 2.45) is 11.8 Å². The number of aryl methyl sites for hydroxylation is 1. The topological polar surface area (TPSA) is 90.4 Å². The summed E-state index contributed by atoms with van der Waals surface area (Å²) in [5.41, 5.74) is 0.590. The Balaban J connectivity index is 1.50. The number of aliphatic hydroxyl groups is 1. The van der Waals surface area contributed by atoms with E-state index in [2.05, 4.69) is 13.2 Å². The fourth-order valence-electron chi connectivity index (χ4n) is 8.31. The van der Waals surface area contributed by atoms with Crippen molar-refractivity contribution in [1.82, 2.24) is 4.90 Å². The standard InChI is InChI=1S/C39H42ClN3O5/c1-5-22-41(28-17-11-8-12-18-28)35(45)31-32-36(46)43(29(25-44)24-27-15-9-7-10-16-27)34(39(32)21-20-38(31,4)48-39)37(47)42(23-6-2)33-26(3)14-13-19-30(33)40/h5-19,29,31-32,34,44H,1-2,20-25H2,3-4H3/t29-,31+,32+,34?,38-,39?/m1/s1. The van der Waals surface area contributed by atoms with Crippen molar-refractivity contribution in [2.75, 3.05) is 29.5 Å². The third-order valence-corrected chi connectivity index (χ3v) is 10.6. The van der Waals surface area contributed by atoms with E-state index in [-0.39, 0.29) is 31.5 Å². The van der Waals surface area contributed by atoms with Crippen LogP contribution >= 0.6 is 11.6 Å². The van der Waals surface area contributed by atoms with Gasteiger partial charge in [0.25, 0.3) is 5.91 Å². The summed E-state index contributed by atoms with van der Waals surface area (Å²) in [6, 6.07) is 22.4. The van der Waals surface area contributed by atoms with Gasteiger partial charge in [-0.15, -0.1) is 13.2 Å². The number of carbonyl (C=O) groups is 3. The quantitative estimate of drug-likeness (QED) is 0.248. The number of aliphatic hydroxyl groups excluding tert-OH is 1. The highest BCUT2D eigenvalue weighted by atomic mass is 35.5. The Morgan fingerprint density at radius 2 is 1.62 bits per heavy atom. The van der Waals surface area contributed by atoms with Crippen LogP contribution in [0.1, 0.15) is 30.9 Å². The summed E-state index contributed by atoms with van der Waals surface area (Å²) in [5.74, 6) is -2.84. The van der Waals surface area contributed by atoms with Crippen LogP contribution in [0.3, 0.4) is 0 Å². The van der Waals surface area contributed by atoms with Gasteiger partial charge in [-0.2, -0.15) is 0 Å². The summed E-state index contributed by atoms with van der Waals surface area (Å²) >= 11 is 6.73. The van der Waals surface area contributed by atoms with Gasteiger partial charge >= 0.3 is 0 Å². The largest absolute Gasteiger partial charge is 0.394 e. The zero-order valence-corrected chi connectivity index (χ0v) is 28.2. The van der Waals surface area contributed by atoms with Crippen molar-refractivity contribution < 1.29 is 24.2 Å². The minimum absolute atomic E-state index is 0.131. The van der Waals surface area contributed by atoms with Gasteiger partial charge in [0, 0.05) is 18.8 Å². The molecule has 3 amide bonds. The average molecular weight is 668 g/mol. The number of hydrogen-bond acceptors (Lipinski definition) is 5. The molecule has 0 saturated carbocycles. The van der Waals surface area contributed by atoms with Gasteiger partial charge in [0.2, 0.25) is 11.8 Å². The molecule has 6 rings (SSSR count). The van der Waals surface area contributed by atoms with E-state index in [4.69, 9.17) is 16.3 Å². The molecule has 3 heterocycles. The maximum atomic E-state index is 15.2. The first-order valence-corrected chi connectivity index (χ1v) is 16.8. The molecule has 9 heteroatoms. The molecule has 1 N–H and O–H groups in total. The Labute approximate surface area is 287 Å². The van der Waals surface area contributed by atoms with E-state index in [1.165, 1.54) is 4.90 Å². The lowest BCUT2D eigenvalue weighted by molar-refractivity contribution is -0.148. The van der Waals surface area contributed by atoms with Gasteiger partial charge < -0.3 is 24.5 Å². The summed E-state index contributed by atoms with van der Waals surface area (Å²) < 4.78 is 6.95. The van der Waals surface area contributed by atoms with Crippen LogP contribution < -0.4 is 9.80 Å². The molecule has 2 unspecified atom stereocenters. The number of carbonyl (C=O) groups excluding carboxylic acids is 3. The van der Waals surface area contributed by atoms with Gasteiger partial charge in [-0.05, 0) is 62.4 Å². The van der Waals surface area contributed by atoms with E-state index < -0.39 is 41.0 Å². The molecule has 3 aromatic carbocycles. The van der Waals surface area contributed by atoms with Crippen LogP contribution in [0.25, 0.3) is 0 Å². The highest BCUT2D eigenvalue weighted by Crippen LogP contribution is 2.64. The second-order valence-corrected chi connectivity index (χ2v) is 13.6. The van der Waals surface area contributed by atoms with E-state index in [9.17, 15) is 9.90 Å². The smallest absolute Gasteiger partial charge is 0.253 e. The van der Waals surface area contributed by atoms with Crippen LogP contribution in [0.15, 0.2) is 104 Å². The average Bonchev–Trinajstić information content (AvgIpc) is 3.66. The molecule has 3 aliphatic rings. The highest BCUT2D eigenvalue weighted by molar-refractivity contribution is 6.34. The predicted molar refractivity (Wildman–Crippen MR) is 188 cm³/mol. The number of benzene rings is 3. The van der Waals surface area contributed by atoms with Gasteiger partial charge in [-0.1, -0.05) is 84.4 Å². The number of hydrogen-bond donors (Lipinski definition) is 1. The Hall–Kier alpha value is -4.24. The minimum Gasteiger partial charge on any atom is -0.394 e. The van der Waals surface area contributed by atoms with Gasteiger partial charge in [-0.3, -0.25) is 14.4 Å².